The van der Waals surface area contributed by atoms with E-state index in [1.54, 1.807) is 34.9 Å². The van der Waals surface area contributed by atoms with Crippen molar-refractivity contribution >= 4 is 39.5 Å². The average Bonchev–Trinajstić information content (AvgIpc) is 3.47. The summed E-state index contributed by atoms with van der Waals surface area (Å²) in [5.74, 6) is -0.00540. The third-order valence-corrected chi connectivity index (χ3v) is 12.3. The first kappa shape index (κ1) is 30.1. The van der Waals surface area contributed by atoms with Gasteiger partial charge in [-0.1, -0.05) is 45.0 Å². The molecule has 1 aliphatic rings. The van der Waals surface area contributed by atoms with E-state index in [9.17, 15) is 19.4 Å². The molecule has 1 fully saturated rings. The van der Waals surface area contributed by atoms with Gasteiger partial charge in [0.05, 0.1) is 12.9 Å². The van der Waals surface area contributed by atoms with Crippen LogP contribution in [0, 0.1) is 0 Å². The number of hydrogen-bond donors (Lipinski definition) is 2. The van der Waals surface area contributed by atoms with E-state index in [2.05, 4.69) is 42.3 Å². The fourth-order valence-electron chi connectivity index (χ4n) is 4.31. The van der Waals surface area contributed by atoms with Gasteiger partial charge < -0.3 is 14.3 Å². The van der Waals surface area contributed by atoms with Crippen LogP contribution in [0.4, 0.5) is 5.82 Å². The van der Waals surface area contributed by atoms with Gasteiger partial charge in [-0.2, -0.15) is 0 Å². The van der Waals surface area contributed by atoms with Crippen LogP contribution in [0.15, 0.2) is 55.6 Å². The highest BCUT2D eigenvalue weighted by Gasteiger charge is 2.54. The molecule has 1 aliphatic heterocycles. The van der Waals surface area contributed by atoms with E-state index in [0.717, 1.165) is 0 Å². The maximum absolute atomic E-state index is 13.4. The van der Waals surface area contributed by atoms with Gasteiger partial charge in [-0.05, 0) is 30.3 Å². The molecule has 2 aromatic heterocycles. The zero-order chi connectivity index (χ0) is 29.2. The van der Waals surface area contributed by atoms with Crippen LogP contribution in [0.3, 0.4) is 0 Å². The second-order valence-corrected chi connectivity index (χ2v) is 16.4. The number of rotatable bonds is 10. The third kappa shape index (κ3) is 5.91. The molecule has 40 heavy (non-hydrogen) atoms. The molecule has 5 atom stereocenters. The van der Waals surface area contributed by atoms with Crippen molar-refractivity contribution < 1.29 is 33.0 Å². The molecule has 214 valence electrons. The molecular formula is C26H35N5O7PSi+. The van der Waals surface area contributed by atoms with Crippen LogP contribution in [0.25, 0.3) is 11.2 Å². The number of benzene rings is 1. The van der Waals surface area contributed by atoms with Gasteiger partial charge in [0.25, 0.3) is 5.91 Å². The van der Waals surface area contributed by atoms with E-state index in [1.165, 1.54) is 17.6 Å². The summed E-state index contributed by atoms with van der Waals surface area (Å²) >= 11 is 0. The van der Waals surface area contributed by atoms with Crippen molar-refractivity contribution in [1.29, 1.82) is 0 Å². The summed E-state index contributed by atoms with van der Waals surface area (Å²) in [6.45, 7) is 13.8. The SMILES string of the molecule is C=CCN(C(=O)c1ccccc1)c1ncnc2c1ncn2C1O[C@H](CO)[C@@H](O[P+](=O)O)[C@H]1O[Si](C)(C)C(C)(C)C. The quantitative estimate of drug-likeness (QED) is 0.202. The molecule has 0 saturated carbocycles. The van der Waals surface area contributed by atoms with Crippen molar-refractivity contribution in [2.75, 3.05) is 18.1 Å². The van der Waals surface area contributed by atoms with Crippen LogP contribution in [0.1, 0.15) is 37.4 Å². The number of carbonyl (C=O) groups excluding carboxylic acids is 1. The fraction of sp³-hybridized carbons (Fsp3) is 0.462. The van der Waals surface area contributed by atoms with Gasteiger partial charge in [0.15, 0.2) is 37.6 Å². The summed E-state index contributed by atoms with van der Waals surface area (Å²) in [5.41, 5.74) is 1.15. The monoisotopic (exact) mass is 588 g/mol. The predicted octanol–water partition coefficient (Wildman–Crippen LogP) is 3.97. The maximum Gasteiger partial charge on any atom is 0.695 e. The number of aliphatic hydroxyl groups excluding tert-OH is 1. The Labute approximate surface area is 234 Å². The molecule has 1 aromatic carbocycles. The zero-order valence-corrected chi connectivity index (χ0v) is 25.1. The lowest BCUT2D eigenvalue weighted by Gasteiger charge is -2.40. The molecule has 0 bridgehead atoms. The van der Waals surface area contributed by atoms with Crippen LogP contribution in [-0.2, 0) is 18.3 Å². The van der Waals surface area contributed by atoms with E-state index in [0.29, 0.717) is 16.7 Å². The summed E-state index contributed by atoms with van der Waals surface area (Å²) in [5, 5.41) is 9.87. The molecule has 1 amide bonds. The Morgan fingerprint density at radius 3 is 2.52 bits per heavy atom. The number of amides is 1. The van der Waals surface area contributed by atoms with Crippen LogP contribution < -0.4 is 4.90 Å². The predicted molar refractivity (Wildman–Crippen MR) is 151 cm³/mol. The normalized spacial score (nSPS) is 21.9. The molecular weight excluding hydrogens is 553 g/mol. The summed E-state index contributed by atoms with van der Waals surface area (Å²) in [6.07, 6.45) is 0.663. The minimum Gasteiger partial charge on any atom is -0.406 e. The van der Waals surface area contributed by atoms with Crippen LogP contribution in [-0.4, -0.2) is 75.2 Å². The Morgan fingerprint density at radius 1 is 1.23 bits per heavy atom. The third-order valence-electron chi connectivity index (χ3n) is 7.36. The molecule has 3 aromatic rings. The number of ether oxygens (including phenoxy) is 1. The largest absolute Gasteiger partial charge is 0.695 e. The average molecular weight is 589 g/mol. The topological polar surface area (TPSA) is 149 Å². The first-order valence-corrected chi connectivity index (χ1v) is 16.9. The Bertz CT molecular complexity index is 1380. The Kier molecular flexibility index (Phi) is 8.95. The number of anilines is 1. The van der Waals surface area contributed by atoms with E-state index in [-0.39, 0.29) is 23.3 Å². The van der Waals surface area contributed by atoms with Crippen molar-refractivity contribution in [3.63, 3.8) is 0 Å². The van der Waals surface area contributed by atoms with Gasteiger partial charge >= 0.3 is 8.25 Å². The second-order valence-electron chi connectivity index (χ2n) is 11.0. The Balaban J connectivity index is 1.80. The number of fused-ring (bicyclic) bond motifs is 1. The van der Waals surface area contributed by atoms with Gasteiger partial charge in [0.2, 0.25) is 0 Å². The Hall–Kier alpha value is -2.90. The molecule has 3 heterocycles. The van der Waals surface area contributed by atoms with Crippen LogP contribution in [0.5, 0.6) is 0 Å². The molecule has 14 heteroatoms. The number of hydrogen-bond acceptors (Lipinski definition) is 9. The van der Waals surface area contributed by atoms with Gasteiger partial charge in [-0.15, -0.1) is 16.0 Å². The van der Waals surface area contributed by atoms with Crippen LogP contribution >= 0.6 is 8.25 Å². The minimum atomic E-state index is -3.01. The fourth-order valence-corrected chi connectivity index (χ4v) is 6.06. The summed E-state index contributed by atoms with van der Waals surface area (Å²) in [7, 11) is -5.48. The summed E-state index contributed by atoms with van der Waals surface area (Å²) in [4.78, 5) is 37.8. The van der Waals surface area contributed by atoms with E-state index in [4.69, 9.17) is 13.7 Å². The van der Waals surface area contributed by atoms with Crippen molar-refractivity contribution in [3.05, 3.63) is 61.2 Å². The molecule has 0 radical (unpaired) electrons. The van der Waals surface area contributed by atoms with Crippen molar-refractivity contribution in [2.24, 2.45) is 0 Å². The molecule has 12 nitrogen and oxygen atoms in total. The first-order chi connectivity index (χ1) is 18.9. The van der Waals surface area contributed by atoms with Gasteiger partial charge in [0.1, 0.15) is 18.5 Å². The lowest BCUT2D eigenvalue weighted by Crippen LogP contribution is -2.49. The highest BCUT2D eigenvalue weighted by molar-refractivity contribution is 7.32. The van der Waals surface area contributed by atoms with Crippen LogP contribution in [0.2, 0.25) is 18.1 Å². The first-order valence-electron chi connectivity index (χ1n) is 12.8. The maximum atomic E-state index is 13.4. The van der Waals surface area contributed by atoms with Gasteiger partial charge in [-0.3, -0.25) is 14.3 Å². The standard InChI is InChI=1S/C26H34N5O7PSi/c1-7-13-30(24(33)17-11-9-8-10-12-17)22-19-23(28-15-27-22)31(16-29-19)25-21(38-40(5,6)26(2,3)4)20(37-39(34)35)18(14-32)36-25/h7-12,15-16,18,20-21,25,32H,1,13-14H2,2-6H3/p+1/t18-,20-,21-,25?/m1/s1. The van der Waals surface area contributed by atoms with E-state index >= 15 is 0 Å². The lowest BCUT2D eigenvalue weighted by atomic mass is 10.1. The summed E-state index contributed by atoms with van der Waals surface area (Å²) < 4.78 is 31.6. The minimum absolute atomic E-state index is 0.176. The number of nitrogens with zero attached hydrogens (tertiary/aromatic N) is 5. The molecule has 0 spiro atoms. The number of aliphatic hydroxyl groups is 1. The highest BCUT2D eigenvalue weighted by atomic mass is 31.1. The molecule has 0 aliphatic carbocycles. The van der Waals surface area contributed by atoms with E-state index < -0.39 is 47.7 Å². The number of aromatic nitrogens is 4. The van der Waals surface area contributed by atoms with E-state index in [1.807, 2.05) is 19.2 Å². The number of imidazole rings is 1. The summed E-state index contributed by atoms with van der Waals surface area (Å²) in [6, 6.07) is 8.81. The molecule has 4 rings (SSSR count). The number of carbonyl (C=O) groups is 1. The highest BCUT2D eigenvalue weighted by Crippen LogP contribution is 2.44. The molecule has 1 saturated heterocycles. The van der Waals surface area contributed by atoms with Crippen molar-refractivity contribution in [2.45, 2.75) is 63.4 Å². The lowest BCUT2D eigenvalue weighted by molar-refractivity contribution is -0.0487. The zero-order valence-electron chi connectivity index (χ0n) is 23.2. The van der Waals surface area contributed by atoms with Gasteiger partial charge in [0, 0.05) is 16.7 Å². The molecule has 2 unspecified atom stereocenters. The van der Waals surface area contributed by atoms with Crippen molar-refractivity contribution in [3.8, 4) is 0 Å². The van der Waals surface area contributed by atoms with Gasteiger partial charge in [-0.25, -0.2) is 15.0 Å². The van der Waals surface area contributed by atoms with Crippen molar-refractivity contribution in [1.82, 2.24) is 19.5 Å². The molecule has 2 N–H and O–H groups in total. The second kappa shape index (κ2) is 11.9. The Morgan fingerprint density at radius 2 is 1.93 bits per heavy atom. The smallest absolute Gasteiger partial charge is 0.406 e.